The maximum absolute atomic E-state index is 3.56. The molecule has 0 rings (SSSR count). The van der Waals surface area contributed by atoms with Gasteiger partial charge in [0.25, 0.3) is 0 Å². The lowest BCUT2D eigenvalue weighted by molar-refractivity contribution is 0.429. The maximum atomic E-state index is 3.56. The highest BCUT2D eigenvalue weighted by Crippen LogP contribution is 2.19. The van der Waals surface area contributed by atoms with Crippen LogP contribution in [-0.4, -0.2) is 5.33 Å². The first-order valence-electron chi connectivity index (χ1n) is 8.41. The molecule has 1 atom stereocenters. The van der Waals surface area contributed by atoms with E-state index in [1.807, 2.05) is 0 Å². The van der Waals surface area contributed by atoms with Gasteiger partial charge in [-0.2, -0.15) is 0 Å². The van der Waals surface area contributed by atoms with Crippen LogP contribution >= 0.6 is 15.9 Å². The molecule has 0 radical (unpaired) electrons. The number of rotatable bonds is 14. The van der Waals surface area contributed by atoms with Gasteiger partial charge in [0.05, 0.1) is 0 Å². The molecule has 1 unspecified atom stereocenters. The van der Waals surface area contributed by atoms with E-state index >= 15 is 0 Å². The van der Waals surface area contributed by atoms with Gasteiger partial charge in [-0.05, 0) is 12.3 Å². The fraction of sp³-hybridized carbons (Fsp3) is 1.00. The molecule has 0 fully saturated rings. The van der Waals surface area contributed by atoms with Crippen LogP contribution in [0.2, 0.25) is 0 Å². The van der Waals surface area contributed by atoms with Crippen LogP contribution in [0.4, 0.5) is 0 Å². The molecule has 0 saturated carbocycles. The minimum absolute atomic E-state index is 0.971. The standard InChI is InChI=1S/C17H35Br/c1-3-5-6-7-8-9-10-11-12-13-14-17(4-2)15-16-18/h17H,3-16H2,1-2H3. The van der Waals surface area contributed by atoms with Crippen LogP contribution < -0.4 is 0 Å². The summed E-state index contributed by atoms with van der Waals surface area (Å²) < 4.78 is 0. The van der Waals surface area contributed by atoms with E-state index in [0.717, 1.165) is 5.92 Å². The molecule has 0 aliphatic heterocycles. The SMILES string of the molecule is CCCCCCCCCCCCC(CC)CCBr. The maximum Gasteiger partial charge on any atom is 0.00339 e. The monoisotopic (exact) mass is 318 g/mol. The van der Waals surface area contributed by atoms with Gasteiger partial charge in [-0.15, -0.1) is 0 Å². The third-order valence-corrected chi connectivity index (χ3v) is 4.52. The van der Waals surface area contributed by atoms with Crippen LogP contribution in [0.1, 0.15) is 97.3 Å². The van der Waals surface area contributed by atoms with Crippen molar-refractivity contribution >= 4 is 15.9 Å². The van der Waals surface area contributed by atoms with E-state index in [1.165, 1.54) is 88.8 Å². The van der Waals surface area contributed by atoms with Crippen molar-refractivity contribution in [2.75, 3.05) is 5.33 Å². The molecule has 0 nitrogen and oxygen atoms in total. The molecular weight excluding hydrogens is 284 g/mol. The van der Waals surface area contributed by atoms with Crippen LogP contribution in [0.3, 0.4) is 0 Å². The molecule has 0 aromatic heterocycles. The fourth-order valence-corrected chi connectivity index (χ4v) is 3.27. The van der Waals surface area contributed by atoms with E-state index in [4.69, 9.17) is 0 Å². The summed E-state index contributed by atoms with van der Waals surface area (Å²) in [5, 5.41) is 1.18. The second-order valence-corrected chi connectivity index (χ2v) is 6.52. The number of halogens is 1. The minimum Gasteiger partial charge on any atom is -0.0928 e. The molecule has 0 spiro atoms. The summed E-state index contributed by atoms with van der Waals surface area (Å²) in [6.45, 7) is 4.63. The predicted octanol–water partition coefficient (Wildman–Crippen LogP) is 7.11. The van der Waals surface area contributed by atoms with Crippen LogP contribution in [0, 0.1) is 5.92 Å². The van der Waals surface area contributed by atoms with Crippen molar-refractivity contribution < 1.29 is 0 Å². The highest BCUT2D eigenvalue weighted by Gasteiger charge is 2.04. The Morgan fingerprint density at radius 1 is 0.667 bits per heavy atom. The molecule has 0 bridgehead atoms. The van der Waals surface area contributed by atoms with Gasteiger partial charge in [0, 0.05) is 5.33 Å². The molecule has 0 aliphatic carbocycles. The van der Waals surface area contributed by atoms with Crippen molar-refractivity contribution in [2.24, 2.45) is 5.92 Å². The van der Waals surface area contributed by atoms with Gasteiger partial charge in [0.15, 0.2) is 0 Å². The third-order valence-electron chi connectivity index (χ3n) is 4.06. The van der Waals surface area contributed by atoms with Crippen molar-refractivity contribution in [1.29, 1.82) is 0 Å². The molecule has 1 heteroatoms. The lowest BCUT2D eigenvalue weighted by atomic mass is 9.95. The summed E-state index contributed by atoms with van der Waals surface area (Å²) >= 11 is 3.56. The highest BCUT2D eigenvalue weighted by molar-refractivity contribution is 9.09. The van der Waals surface area contributed by atoms with Crippen LogP contribution in [0.15, 0.2) is 0 Å². The van der Waals surface area contributed by atoms with Gasteiger partial charge < -0.3 is 0 Å². The largest absolute Gasteiger partial charge is 0.0928 e. The molecule has 0 aromatic carbocycles. The Labute approximate surface area is 124 Å². The second kappa shape index (κ2) is 15.5. The van der Waals surface area contributed by atoms with Crippen molar-refractivity contribution in [2.45, 2.75) is 97.3 Å². The average molecular weight is 319 g/mol. The van der Waals surface area contributed by atoms with Crippen LogP contribution in [0.25, 0.3) is 0 Å². The summed E-state index contributed by atoms with van der Waals surface area (Å²) in [5.74, 6) is 0.971. The lowest BCUT2D eigenvalue weighted by Crippen LogP contribution is -1.99. The van der Waals surface area contributed by atoms with Crippen molar-refractivity contribution in [1.82, 2.24) is 0 Å². The van der Waals surface area contributed by atoms with E-state index in [0.29, 0.717) is 0 Å². The summed E-state index contributed by atoms with van der Waals surface area (Å²) in [6, 6.07) is 0. The normalized spacial score (nSPS) is 12.8. The molecule has 110 valence electrons. The van der Waals surface area contributed by atoms with Gasteiger partial charge in [-0.3, -0.25) is 0 Å². The van der Waals surface area contributed by atoms with Crippen LogP contribution in [0.5, 0.6) is 0 Å². The Balaban J connectivity index is 3.10. The summed E-state index contributed by atoms with van der Waals surface area (Å²) in [4.78, 5) is 0. The summed E-state index contributed by atoms with van der Waals surface area (Å²) in [5.41, 5.74) is 0. The minimum atomic E-state index is 0.971. The fourth-order valence-electron chi connectivity index (χ4n) is 2.63. The highest BCUT2D eigenvalue weighted by atomic mass is 79.9. The third kappa shape index (κ3) is 12.9. The molecule has 0 aliphatic rings. The van der Waals surface area contributed by atoms with Gasteiger partial charge in [0.1, 0.15) is 0 Å². The first-order chi connectivity index (χ1) is 8.85. The Hall–Kier alpha value is 0.480. The van der Waals surface area contributed by atoms with Gasteiger partial charge in [0.2, 0.25) is 0 Å². The van der Waals surface area contributed by atoms with E-state index in [2.05, 4.69) is 29.8 Å². The zero-order valence-electron chi connectivity index (χ0n) is 12.9. The Kier molecular flexibility index (Phi) is 16.0. The summed E-state index contributed by atoms with van der Waals surface area (Å²) in [7, 11) is 0. The molecule has 0 amide bonds. The van der Waals surface area contributed by atoms with E-state index in [9.17, 15) is 0 Å². The number of hydrogen-bond donors (Lipinski definition) is 0. The van der Waals surface area contributed by atoms with Crippen LogP contribution in [-0.2, 0) is 0 Å². The molecular formula is C17H35Br. The predicted molar refractivity (Wildman–Crippen MR) is 88.7 cm³/mol. The van der Waals surface area contributed by atoms with Gasteiger partial charge in [-0.25, -0.2) is 0 Å². The Morgan fingerprint density at radius 3 is 1.61 bits per heavy atom. The zero-order chi connectivity index (χ0) is 13.5. The molecule has 0 aromatic rings. The first kappa shape index (κ1) is 18.5. The van der Waals surface area contributed by atoms with Crippen molar-refractivity contribution in [3.05, 3.63) is 0 Å². The second-order valence-electron chi connectivity index (χ2n) is 5.72. The first-order valence-corrected chi connectivity index (χ1v) is 9.53. The topological polar surface area (TPSA) is 0 Å². The van der Waals surface area contributed by atoms with Crippen molar-refractivity contribution in [3.8, 4) is 0 Å². The number of hydrogen-bond acceptors (Lipinski definition) is 0. The Bertz CT molecular complexity index is 145. The van der Waals surface area contributed by atoms with Gasteiger partial charge >= 0.3 is 0 Å². The molecule has 18 heavy (non-hydrogen) atoms. The molecule has 0 heterocycles. The van der Waals surface area contributed by atoms with E-state index in [-0.39, 0.29) is 0 Å². The number of unbranched alkanes of at least 4 members (excludes halogenated alkanes) is 9. The van der Waals surface area contributed by atoms with Crippen molar-refractivity contribution in [3.63, 3.8) is 0 Å². The quantitative estimate of drug-likeness (QED) is 0.236. The molecule has 0 saturated heterocycles. The average Bonchev–Trinajstić information content (AvgIpc) is 2.39. The zero-order valence-corrected chi connectivity index (χ0v) is 14.4. The van der Waals surface area contributed by atoms with Gasteiger partial charge in [-0.1, -0.05) is 107 Å². The molecule has 0 N–H and O–H groups in total. The van der Waals surface area contributed by atoms with E-state index in [1.54, 1.807) is 0 Å². The van der Waals surface area contributed by atoms with E-state index < -0.39 is 0 Å². The number of alkyl halides is 1. The lowest BCUT2D eigenvalue weighted by Gasteiger charge is -2.12. The smallest absolute Gasteiger partial charge is 0.00339 e. The Morgan fingerprint density at radius 2 is 1.17 bits per heavy atom. The summed E-state index contributed by atoms with van der Waals surface area (Å²) in [6.07, 6.45) is 18.7.